The summed E-state index contributed by atoms with van der Waals surface area (Å²) in [6.07, 6.45) is 12.5. The predicted octanol–water partition coefficient (Wildman–Crippen LogP) is 8.86. The Morgan fingerprint density at radius 3 is 1.95 bits per heavy atom. The molecule has 1 aromatic heterocycles. The second-order valence-electron chi connectivity index (χ2n) is 10.4. The number of ketones is 1. The highest BCUT2D eigenvalue weighted by molar-refractivity contribution is 5.94. The van der Waals surface area contributed by atoms with Crippen LogP contribution in [-0.4, -0.2) is 27.7 Å². The number of aryl methyl sites for hydroxylation is 3. The molecule has 1 N–H and O–H groups in total. The number of amides is 1. The monoisotopic (exact) mass is 545 g/mol. The van der Waals surface area contributed by atoms with Gasteiger partial charge in [0.05, 0.1) is 5.69 Å². The van der Waals surface area contributed by atoms with Gasteiger partial charge in [0.2, 0.25) is 5.91 Å². The Balaban J connectivity index is 0.000000301. The van der Waals surface area contributed by atoms with Gasteiger partial charge in [0.25, 0.3) is 0 Å². The van der Waals surface area contributed by atoms with E-state index in [4.69, 9.17) is 0 Å². The summed E-state index contributed by atoms with van der Waals surface area (Å²) in [7, 11) is 0. The number of Topliss-reactive ketones (excluding diaryl/α,β-unsaturated/α-hetero) is 1. The van der Waals surface area contributed by atoms with Gasteiger partial charge in [-0.1, -0.05) is 107 Å². The Morgan fingerprint density at radius 2 is 1.43 bits per heavy atom. The van der Waals surface area contributed by atoms with Crippen LogP contribution in [0.15, 0.2) is 60.8 Å². The quantitative estimate of drug-likeness (QED) is 0.182. The highest BCUT2D eigenvalue weighted by atomic mass is 16.1. The zero-order valence-corrected chi connectivity index (χ0v) is 25.9. The molecule has 3 rings (SSSR count). The maximum Gasteiger partial charge on any atom is 0.217 e. The zero-order chi connectivity index (χ0) is 29.8. The van der Waals surface area contributed by atoms with Crippen LogP contribution in [-0.2, 0) is 11.2 Å². The van der Waals surface area contributed by atoms with Crippen molar-refractivity contribution in [3.63, 3.8) is 0 Å². The van der Waals surface area contributed by atoms with Crippen LogP contribution in [0.4, 0.5) is 0 Å². The number of nitrogens with one attached hydrogen (secondary N) is 1. The van der Waals surface area contributed by atoms with E-state index in [1.54, 1.807) is 20.0 Å². The SMILES string of the molecule is CCCCCC(CCC)NC(C)=O.CCCCc1ccc(C(C)=O)cc1.Cc1ccc(-c2ccnc(C)n2)cc1. The third-order valence-electron chi connectivity index (χ3n) is 6.50. The maximum absolute atomic E-state index is 11.0. The lowest BCUT2D eigenvalue weighted by atomic mass is 10.0. The summed E-state index contributed by atoms with van der Waals surface area (Å²) in [4.78, 5) is 30.3. The predicted molar refractivity (Wildman–Crippen MR) is 169 cm³/mol. The topological polar surface area (TPSA) is 72.0 Å². The molecule has 218 valence electrons. The van der Waals surface area contributed by atoms with Crippen LogP contribution >= 0.6 is 0 Å². The number of unbranched alkanes of at least 4 members (excludes halogenated alkanes) is 3. The molecule has 1 heterocycles. The first-order valence-corrected chi connectivity index (χ1v) is 14.9. The summed E-state index contributed by atoms with van der Waals surface area (Å²) in [6, 6.07) is 18.6. The van der Waals surface area contributed by atoms with Crippen molar-refractivity contribution in [2.24, 2.45) is 0 Å². The van der Waals surface area contributed by atoms with E-state index >= 15 is 0 Å². The van der Waals surface area contributed by atoms with E-state index in [1.165, 1.54) is 43.2 Å². The van der Waals surface area contributed by atoms with Crippen molar-refractivity contribution in [2.45, 2.75) is 112 Å². The summed E-state index contributed by atoms with van der Waals surface area (Å²) in [5.41, 5.74) is 5.52. The summed E-state index contributed by atoms with van der Waals surface area (Å²) in [5, 5.41) is 3.00. The van der Waals surface area contributed by atoms with Crippen LogP contribution in [0, 0.1) is 13.8 Å². The number of nitrogens with zero attached hydrogens (tertiary/aromatic N) is 2. The lowest BCUT2D eigenvalue weighted by Gasteiger charge is -2.16. The van der Waals surface area contributed by atoms with Crippen LogP contribution < -0.4 is 5.32 Å². The van der Waals surface area contributed by atoms with Gasteiger partial charge in [0.1, 0.15) is 5.82 Å². The molecular formula is C35H51N3O2. The molecule has 0 saturated carbocycles. The molecule has 0 fully saturated rings. The molecule has 0 aliphatic carbocycles. The Bertz CT molecular complexity index is 1110. The molecule has 1 unspecified atom stereocenters. The van der Waals surface area contributed by atoms with E-state index in [1.807, 2.05) is 37.3 Å². The van der Waals surface area contributed by atoms with Gasteiger partial charge in [-0.05, 0) is 58.1 Å². The minimum absolute atomic E-state index is 0.106. The van der Waals surface area contributed by atoms with Crippen molar-refractivity contribution in [3.05, 3.63) is 83.3 Å². The van der Waals surface area contributed by atoms with Gasteiger partial charge >= 0.3 is 0 Å². The van der Waals surface area contributed by atoms with E-state index in [2.05, 4.69) is 67.2 Å². The smallest absolute Gasteiger partial charge is 0.217 e. The largest absolute Gasteiger partial charge is 0.354 e. The van der Waals surface area contributed by atoms with Crippen molar-refractivity contribution in [3.8, 4) is 11.3 Å². The summed E-state index contributed by atoms with van der Waals surface area (Å²) >= 11 is 0. The molecular weight excluding hydrogens is 494 g/mol. The van der Waals surface area contributed by atoms with Gasteiger partial charge in [-0.25, -0.2) is 9.97 Å². The number of carbonyl (C=O) groups is 2. The Hall–Kier alpha value is -3.34. The van der Waals surface area contributed by atoms with Crippen molar-refractivity contribution >= 4 is 11.7 Å². The van der Waals surface area contributed by atoms with Crippen LogP contribution in [0.5, 0.6) is 0 Å². The first-order valence-electron chi connectivity index (χ1n) is 14.9. The van der Waals surface area contributed by atoms with E-state index in [0.717, 1.165) is 48.3 Å². The second kappa shape index (κ2) is 20.5. The summed E-state index contributed by atoms with van der Waals surface area (Å²) < 4.78 is 0. The molecule has 5 nitrogen and oxygen atoms in total. The molecule has 1 amide bonds. The Kier molecular flexibility index (Phi) is 17.8. The van der Waals surface area contributed by atoms with Crippen LogP contribution in [0.1, 0.15) is 113 Å². The molecule has 0 radical (unpaired) electrons. The Labute approximate surface area is 243 Å². The summed E-state index contributed by atoms with van der Waals surface area (Å²) in [5.74, 6) is 1.06. The van der Waals surface area contributed by atoms with Gasteiger partial charge in [-0.3, -0.25) is 9.59 Å². The first-order chi connectivity index (χ1) is 19.2. The fourth-order valence-electron chi connectivity index (χ4n) is 4.19. The number of carbonyl (C=O) groups excluding carboxylic acids is 2. The van der Waals surface area contributed by atoms with Crippen molar-refractivity contribution in [2.75, 3.05) is 0 Å². The molecule has 0 spiro atoms. The molecule has 3 aromatic rings. The van der Waals surface area contributed by atoms with Crippen molar-refractivity contribution in [1.82, 2.24) is 15.3 Å². The van der Waals surface area contributed by atoms with Gasteiger partial charge < -0.3 is 5.32 Å². The molecule has 2 aromatic carbocycles. The maximum atomic E-state index is 11.0. The molecule has 0 aliphatic heterocycles. The summed E-state index contributed by atoms with van der Waals surface area (Å²) in [6.45, 7) is 13.7. The van der Waals surface area contributed by atoms with Crippen LogP contribution in [0.2, 0.25) is 0 Å². The molecule has 1 atom stereocenters. The van der Waals surface area contributed by atoms with Crippen LogP contribution in [0.25, 0.3) is 11.3 Å². The lowest BCUT2D eigenvalue weighted by Crippen LogP contribution is -2.32. The zero-order valence-electron chi connectivity index (χ0n) is 25.9. The van der Waals surface area contributed by atoms with E-state index < -0.39 is 0 Å². The average molecular weight is 546 g/mol. The minimum atomic E-state index is 0.106. The number of hydrogen-bond acceptors (Lipinski definition) is 4. The Morgan fingerprint density at radius 1 is 0.775 bits per heavy atom. The molecule has 40 heavy (non-hydrogen) atoms. The highest BCUT2D eigenvalue weighted by Crippen LogP contribution is 2.16. The van der Waals surface area contributed by atoms with Gasteiger partial charge in [0, 0.05) is 30.3 Å². The number of rotatable bonds is 12. The third-order valence-corrected chi connectivity index (χ3v) is 6.50. The number of hydrogen-bond donors (Lipinski definition) is 1. The molecule has 0 aliphatic rings. The number of aromatic nitrogens is 2. The van der Waals surface area contributed by atoms with Crippen molar-refractivity contribution < 1.29 is 9.59 Å². The first kappa shape index (κ1) is 34.7. The highest BCUT2D eigenvalue weighted by Gasteiger charge is 2.07. The fourth-order valence-corrected chi connectivity index (χ4v) is 4.19. The molecule has 0 saturated heterocycles. The van der Waals surface area contributed by atoms with Gasteiger partial charge in [0.15, 0.2) is 5.78 Å². The van der Waals surface area contributed by atoms with E-state index in [9.17, 15) is 9.59 Å². The van der Waals surface area contributed by atoms with Gasteiger partial charge in [-0.15, -0.1) is 0 Å². The average Bonchev–Trinajstić information content (AvgIpc) is 2.93. The van der Waals surface area contributed by atoms with E-state index in [0.29, 0.717) is 6.04 Å². The normalized spacial score (nSPS) is 10.9. The van der Waals surface area contributed by atoms with Crippen LogP contribution in [0.3, 0.4) is 0 Å². The lowest BCUT2D eigenvalue weighted by molar-refractivity contribution is -0.119. The standard InChI is InChI=1S/C12H12N2.C12H16O.C11H23NO/c1-9-3-5-11(6-4-9)12-7-8-13-10(2)14-12;1-3-4-5-11-6-8-12(9-7-11)10(2)13;1-4-6-7-9-11(8-5-2)12-10(3)13/h3-8H,1-2H3;6-9H,3-5H2,1-2H3;11H,4-9H2,1-3H3,(H,12,13). The molecule has 0 bridgehead atoms. The molecule has 5 heteroatoms. The third kappa shape index (κ3) is 15.3. The fraction of sp³-hybridized carbons (Fsp3) is 0.486. The second-order valence-corrected chi connectivity index (χ2v) is 10.4. The minimum Gasteiger partial charge on any atom is -0.354 e. The van der Waals surface area contributed by atoms with E-state index in [-0.39, 0.29) is 11.7 Å². The number of benzene rings is 2. The van der Waals surface area contributed by atoms with Crippen molar-refractivity contribution in [1.29, 1.82) is 0 Å². The van der Waals surface area contributed by atoms with Gasteiger partial charge in [-0.2, -0.15) is 0 Å².